The Morgan fingerprint density at radius 2 is 2.14 bits per heavy atom. The number of aromatic nitrogens is 3. The lowest BCUT2D eigenvalue weighted by Gasteiger charge is -2.08. The number of nitrogen functional groups attached to an aromatic ring is 1. The molecule has 2 heterocycles. The quantitative estimate of drug-likeness (QED) is 0.775. The van der Waals surface area contributed by atoms with Gasteiger partial charge in [0.05, 0.1) is 28.7 Å². The number of carboxylic acids is 1. The van der Waals surface area contributed by atoms with Crippen LogP contribution >= 0.6 is 0 Å². The number of anilines is 1. The Labute approximate surface area is 127 Å². The fraction of sp³-hybridized carbons (Fsp3) is 0.250. The lowest BCUT2D eigenvalue weighted by Crippen LogP contribution is -2.02. The summed E-state index contributed by atoms with van der Waals surface area (Å²) in [4.78, 5) is 10.9. The van der Waals surface area contributed by atoms with Gasteiger partial charge in [-0.3, -0.25) is 0 Å². The maximum absolute atomic E-state index is 10.9. The molecule has 0 radical (unpaired) electrons. The van der Waals surface area contributed by atoms with E-state index in [4.69, 9.17) is 10.8 Å². The standard InChI is InChI=1S/C16H18N4O2/c1-10(2)7-19-9-14(17)13-5-12(3-4-15(13)19)20-8-11(6-18-20)16(21)22/h3-6,8-10H,7,17H2,1-2H3,(H,21,22). The second-order valence-electron chi connectivity index (χ2n) is 5.81. The van der Waals surface area contributed by atoms with Gasteiger partial charge in [0.2, 0.25) is 0 Å². The van der Waals surface area contributed by atoms with Crippen molar-refractivity contribution in [3.63, 3.8) is 0 Å². The molecule has 114 valence electrons. The average molecular weight is 298 g/mol. The summed E-state index contributed by atoms with van der Waals surface area (Å²) in [5.41, 5.74) is 8.83. The molecule has 6 heteroatoms. The lowest BCUT2D eigenvalue weighted by atomic mass is 10.2. The first-order chi connectivity index (χ1) is 10.5. The molecule has 0 spiro atoms. The van der Waals surface area contributed by atoms with Crippen molar-refractivity contribution in [3.05, 3.63) is 42.4 Å². The van der Waals surface area contributed by atoms with Gasteiger partial charge in [-0.05, 0) is 24.1 Å². The van der Waals surface area contributed by atoms with E-state index < -0.39 is 5.97 Å². The molecule has 0 amide bonds. The summed E-state index contributed by atoms with van der Waals surface area (Å²) < 4.78 is 3.69. The van der Waals surface area contributed by atoms with Crippen LogP contribution in [-0.2, 0) is 6.54 Å². The van der Waals surface area contributed by atoms with E-state index in [0.29, 0.717) is 11.6 Å². The molecule has 2 aromatic heterocycles. The molecular weight excluding hydrogens is 280 g/mol. The smallest absolute Gasteiger partial charge is 0.338 e. The van der Waals surface area contributed by atoms with Gasteiger partial charge in [0.25, 0.3) is 0 Å². The van der Waals surface area contributed by atoms with Crippen molar-refractivity contribution in [2.75, 3.05) is 5.73 Å². The van der Waals surface area contributed by atoms with Crippen LogP contribution in [-0.4, -0.2) is 25.4 Å². The Morgan fingerprint density at radius 1 is 1.36 bits per heavy atom. The Balaban J connectivity index is 2.05. The Hall–Kier alpha value is -2.76. The van der Waals surface area contributed by atoms with Crippen LogP contribution in [0.15, 0.2) is 36.8 Å². The van der Waals surface area contributed by atoms with Gasteiger partial charge in [-0.15, -0.1) is 0 Å². The van der Waals surface area contributed by atoms with Crippen LogP contribution in [0.1, 0.15) is 24.2 Å². The Kier molecular flexibility index (Phi) is 3.36. The SMILES string of the molecule is CC(C)Cn1cc(N)c2cc(-n3cc(C(=O)O)cn3)ccc21. The van der Waals surface area contributed by atoms with Gasteiger partial charge in [-0.1, -0.05) is 13.8 Å². The second kappa shape index (κ2) is 5.22. The Bertz CT molecular complexity index is 845. The van der Waals surface area contributed by atoms with E-state index in [9.17, 15) is 4.79 Å². The van der Waals surface area contributed by atoms with E-state index in [-0.39, 0.29) is 5.56 Å². The van der Waals surface area contributed by atoms with E-state index in [2.05, 4.69) is 23.5 Å². The molecule has 1 aromatic carbocycles. The number of rotatable bonds is 4. The molecule has 3 rings (SSSR count). The second-order valence-corrected chi connectivity index (χ2v) is 5.81. The van der Waals surface area contributed by atoms with E-state index in [1.807, 2.05) is 24.4 Å². The summed E-state index contributed by atoms with van der Waals surface area (Å²) >= 11 is 0. The number of fused-ring (bicyclic) bond motifs is 1. The van der Waals surface area contributed by atoms with Gasteiger partial charge in [-0.2, -0.15) is 5.10 Å². The molecule has 0 aliphatic rings. The van der Waals surface area contributed by atoms with E-state index in [0.717, 1.165) is 23.1 Å². The molecule has 0 aliphatic carbocycles. The summed E-state index contributed by atoms with van der Waals surface area (Å²) in [5, 5.41) is 14.0. The summed E-state index contributed by atoms with van der Waals surface area (Å²) in [7, 11) is 0. The van der Waals surface area contributed by atoms with Gasteiger partial charge >= 0.3 is 5.97 Å². The number of nitrogens with two attached hydrogens (primary N) is 1. The fourth-order valence-corrected chi connectivity index (χ4v) is 2.57. The number of hydrogen-bond donors (Lipinski definition) is 2. The van der Waals surface area contributed by atoms with Gasteiger partial charge in [-0.25, -0.2) is 9.48 Å². The zero-order valence-electron chi connectivity index (χ0n) is 12.5. The first-order valence-corrected chi connectivity index (χ1v) is 7.12. The summed E-state index contributed by atoms with van der Waals surface area (Å²) in [6.45, 7) is 5.22. The minimum Gasteiger partial charge on any atom is -0.478 e. The maximum Gasteiger partial charge on any atom is 0.338 e. The fourth-order valence-electron chi connectivity index (χ4n) is 2.57. The number of carbonyl (C=O) groups is 1. The van der Waals surface area contributed by atoms with E-state index in [1.165, 1.54) is 12.4 Å². The zero-order valence-corrected chi connectivity index (χ0v) is 12.5. The molecule has 0 bridgehead atoms. The van der Waals surface area contributed by atoms with Crippen LogP contribution < -0.4 is 5.73 Å². The third kappa shape index (κ3) is 2.43. The van der Waals surface area contributed by atoms with Gasteiger partial charge < -0.3 is 15.4 Å². The van der Waals surface area contributed by atoms with E-state index in [1.54, 1.807) is 4.68 Å². The monoisotopic (exact) mass is 298 g/mol. The molecule has 0 atom stereocenters. The molecule has 22 heavy (non-hydrogen) atoms. The van der Waals surface area contributed by atoms with Crippen LogP contribution in [0.4, 0.5) is 5.69 Å². The average Bonchev–Trinajstić information content (AvgIpc) is 3.05. The number of benzene rings is 1. The summed E-state index contributed by atoms with van der Waals surface area (Å²) in [6, 6.07) is 5.84. The van der Waals surface area contributed by atoms with Crippen LogP contribution in [0.5, 0.6) is 0 Å². The molecule has 6 nitrogen and oxygen atoms in total. The first kappa shape index (κ1) is 14.2. The highest BCUT2D eigenvalue weighted by molar-refractivity contribution is 5.93. The topological polar surface area (TPSA) is 86.1 Å². The van der Waals surface area contributed by atoms with Crippen LogP contribution in [0.25, 0.3) is 16.6 Å². The van der Waals surface area contributed by atoms with Crippen molar-refractivity contribution in [1.82, 2.24) is 14.3 Å². The van der Waals surface area contributed by atoms with Gasteiger partial charge in [0.1, 0.15) is 0 Å². The molecule has 3 N–H and O–H groups in total. The van der Waals surface area contributed by atoms with Gasteiger partial charge in [0, 0.05) is 24.3 Å². The van der Waals surface area contributed by atoms with Crippen molar-refractivity contribution in [2.24, 2.45) is 5.92 Å². The predicted octanol–water partition coefficient (Wildman–Crippen LogP) is 2.76. The number of carboxylic acid groups (broad SMARTS) is 1. The van der Waals surface area contributed by atoms with Crippen molar-refractivity contribution >= 4 is 22.6 Å². The van der Waals surface area contributed by atoms with Crippen molar-refractivity contribution in [1.29, 1.82) is 0 Å². The highest BCUT2D eigenvalue weighted by Gasteiger charge is 2.11. The zero-order chi connectivity index (χ0) is 15.9. The predicted molar refractivity (Wildman–Crippen MR) is 85.3 cm³/mol. The molecule has 0 aliphatic heterocycles. The van der Waals surface area contributed by atoms with Crippen molar-refractivity contribution in [3.8, 4) is 5.69 Å². The minimum atomic E-state index is -0.991. The molecule has 0 fully saturated rings. The maximum atomic E-state index is 10.9. The minimum absolute atomic E-state index is 0.158. The summed E-state index contributed by atoms with van der Waals surface area (Å²) in [5.74, 6) is -0.464. The van der Waals surface area contributed by atoms with Crippen LogP contribution in [0.2, 0.25) is 0 Å². The number of aromatic carboxylic acids is 1. The highest BCUT2D eigenvalue weighted by atomic mass is 16.4. The molecule has 3 aromatic rings. The van der Waals surface area contributed by atoms with E-state index >= 15 is 0 Å². The molecule has 0 saturated heterocycles. The number of nitrogens with zero attached hydrogens (tertiary/aromatic N) is 3. The van der Waals surface area contributed by atoms with Crippen molar-refractivity contribution < 1.29 is 9.90 Å². The summed E-state index contributed by atoms with van der Waals surface area (Å²) in [6.07, 6.45) is 4.77. The van der Waals surface area contributed by atoms with Crippen LogP contribution in [0.3, 0.4) is 0 Å². The largest absolute Gasteiger partial charge is 0.478 e. The Morgan fingerprint density at radius 3 is 2.77 bits per heavy atom. The van der Waals surface area contributed by atoms with Crippen LogP contribution in [0, 0.1) is 5.92 Å². The normalized spacial score (nSPS) is 11.4. The van der Waals surface area contributed by atoms with Gasteiger partial charge in [0.15, 0.2) is 0 Å². The molecular formula is C16H18N4O2. The highest BCUT2D eigenvalue weighted by Crippen LogP contribution is 2.26. The van der Waals surface area contributed by atoms with Crippen molar-refractivity contribution in [2.45, 2.75) is 20.4 Å². The lowest BCUT2D eigenvalue weighted by molar-refractivity contribution is 0.0697. The third-order valence-corrected chi connectivity index (χ3v) is 3.55. The first-order valence-electron chi connectivity index (χ1n) is 7.12. The number of hydrogen-bond acceptors (Lipinski definition) is 3. The third-order valence-electron chi connectivity index (χ3n) is 3.55. The molecule has 0 unspecified atom stereocenters. The molecule has 0 saturated carbocycles.